The van der Waals surface area contributed by atoms with Gasteiger partial charge in [0.1, 0.15) is 5.82 Å². The summed E-state index contributed by atoms with van der Waals surface area (Å²) >= 11 is 0. The third-order valence-electron chi connectivity index (χ3n) is 4.63. The van der Waals surface area contributed by atoms with Gasteiger partial charge in [-0.15, -0.1) is 0 Å². The van der Waals surface area contributed by atoms with Crippen molar-refractivity contribution in [1.29, 1.82) is 0 Å². The molecule has 2 N–H and O–H groups in total. The van der Waals surface area contributed by atoms with Crippen LogP contribution in [-0.2, 0) is 6.54 Å². The SMILES string of the molecule is Nc1c(-c2ccccc2)n(Cc2ccccc2)c(=O)n1C(=O)c1ccccc1. The molecule has 0 spiro atoms. The largest absolute Gasteiger partial charge is 0.383 e. The summed E-state index contributed by atoms with van der Waals surface area (Å²) in [7, 11) is 0. The van der Waals surface area contributed by atoms with Crippen molar-refractivity contribution in [3.63, 3.8) is 0 Å². The second-order valence-corrected chi connectivity index (χ2v) is 6.46. The molecular weight excluding hydrogens is 350 g/mol. The Balaban J connectivity index is 1.92. The van der Waals surface area contributed by atoms with Crippen LogP contribution in [0.1, 0.15) is 15.9 Å². The molecule has 3 aromatic carbocycles. The molecule has 0 atom stereocenters. The van der Waals surface area contributed by atoms with Crippen LogP contribution in [0.4, 0.5) is 5.82 Å². The zero-order valence-corrected chi connectivity index (χ0v) is 15.2. The molecule has 1 heterocycles. The van der Waals surface area contributed by atoms with Gasteiger partial charge in [-0.3, -0.25) is 9.36 Å². The molecule has 0 amide bonds. The fourth-order valence-corrected chi connectivity index (χ4v) is 3.28. The zero-order chi connectivity index (χ0) is 19.5. The number of benzene rings is 3. The van der Waals surface area contributed by atoms with Gasteiger partial charge in [-0.2, -0.15) is 0 Å². The summed E-state index contributed by atoms with van der Waals surface area (Å²) in [4.78, 5) is 26.2. The molecule has 28 heavy (non-hydrogen) atoms. The van der Waals surface area contributed by atoms with Crippen LogP contribution in [0.5, 0.6) is 0 Å². The van der Waals surface area contributed by atoms with E-state index in [9.17, 15) is 9.59 Å². The van der Waals surface area contributed by atoms with Crippen LogP contribution in [0.25, 0.3) is 11.3 Å². The van der Waals surface area contributed by atoms with E-state index in [4.69, 9.17) is 5.73 Å². The number of aromatic nitrogens is 2. The fraction of sp³-hybridized carbons (Fsp3) is 0.0435. The van der Waals surface area contributed by atoms with Crippen LogP contribution >= 0.6 is 0 Å². The van der Waals surface area contributed by atoms with Gasteiger partial charge < -0.3 is 5.73 Å². The van der Waals surface area contributed by atoms with Gasteiger partial charge in [-0.1, -0.05) is 78.9 Å². The van der Waals surface area contributed by atoms with Crippen LogP contribution < -0.4 is 11.4 Å². The molecular formula is C23H19N3O2. The Labute approximate surface area is 162 Å². The second-order valence-electron chi connectivity index (χ2n) is 6.46. The number of nitrogen functional groups attached to an aromatic ring is 1. The molecule has 138 valence electrons. The Hall–Kier alpha value is -3.86. The molecule has 4 aromatic rings. The molecule has 0 aliphatic rings. The molecule has 0 saturated heterocycles. The maximum atomic E-state index is 13.2. The standard InChI is InChI=1S/C23H19N3O2/c24-21-20(18-12-6-2-7-13-18)25(16-17-10-4-1-5-11-17)23(28)26(21)22(27)19-14-8-3-9-15-19/h1-15H,16,24H2. The van der Waals surface area contributed by atoms with E-state index in [0.29, 0.717) is 17.8 Å². The molecule has 0 aliphatic carbocycles. The van der Waals surface area contributed by atoms with E-state index in [1.54, 1.807) is 28.8 Å². The number of nitrogens with two attached hydrogens (primary N) is 1. The van der Waals surface area contributed by atoms with E-state index < -0.39 is 11.6 Å². The lowest BCUT2D eigenvalue weighted by molar-refractivity contribution is 0.0958. The molecule has 0 unspecified atom stereocenters. The Morgan fingerprint density at radius 1 is 0.786 bits per heavy atom. The second kappa shape index (κ2) is 7.40. The van der Waals surface area contributed by atoms with Crippen molar-refractivity contribution in [1.82, 2.24) is 9.13 Å². The Morgan fingerprint density at radius 3 is 1.93 bits per heavy atom. The van der Waals surface area contributed by atoms with Gasteiger partial charge in [0.05, 0.1) is 12.2 Å². The maximum Gasteiger partial charge on any atom is 0.337 e. The van der Waals surface area contributed by atoms with E-state index in [-0.39, 0.29) is 5.82 Å². The van der Waals surface area contributed by atoms with Crippen LogP contribution in [-0.4, -0.2) is 15.0 Å². The number of hydrogen-bond donors (Lipinski definition) is 1. The topological polar surface area (TPSA) is 70.0 Å². The number of nitrogens with zero attached hydrogens (tertiary/aromatic N) is 2. The summed E-state index contributed by atoms with van der Waals surface area (Å²) < 4.78 is 2.61. The highest BCUT2D eigenvalue weighted by Crippen LogP contribution is 2.26. The average molecular weight is 369 g/mol. The number of carbonyl (C=O) groups is 1. The number of anilines is 1. The molecule has 5 nitrogen and oxygen atoms in total. The van der Waals surface area contributed by atoms with Crippen molar-refractivity contribution in [2.75, 3.05) is 5.73 Å². The lowest BCUT2D eigenvalue weighted by atomic mass is 10.1. The van der Waals surface area contributed by atoms with Crippen molar-refractivity contribution >= 4 is 11.7 Å². The van der Waals surface area contributed by atoms with Gasteiger partial charge in [0.2, 0.25) is 0 Å². The minimum Gasteiger partial charge on any atom is -0.383 e. The van der Waals surface area contributed by atoms with E-state index in [0.717, 1.165) is 15.7 Å². The van der Waals surface area contributed by atoms with Crippen molar-refractivity contribution in [3.05, 3.63) is 113 Å². The highest BCUT2D eigenvalue weighted by Gasteiger charge is 2.24. The van der Waals surface area contributed by atoms with Gasteiger partial charge in [0, 0.05) is 11.1 Å². The third-order valence-corrected chi connectivity index (χ3v) is 4.63. The number of imidazole rings is 1. The van der Waals surface area contributed by atoms with Crippen LogP contribution in [0, 0.1) is 0 Å². The summed E-state index contributed by atoms with van der Waals surface area (Å²) in [6.07, 6.45) is 0. The minimum atomic E-state index is -0.450. The molecule has 5 heteroatoms. The first-order valence-corrected chi connectivity index (χ1v) is 8.97. The van der Waals surface area contributed by atoms with Crippen molar-refractivity contribution < 1.29 is 4.79 Å². The van der Waals surface area contributed by atoms with Gasteiger partial charge in [-0.05, 0) is 17.7 Å². The van der Waals surface area contributed by atoms with Gasteiger partial charge in [0.25, 0.3) is 5.91 Å². The van der Waals surface area contributed by atoms with Crippen molar-refractivity contribution in [2.24, 2.45) is 0 Å². The Kier molecular flexibility index (Phi) is 4.64. The first-order valence-electron chi connectivity index (χ1n) is 8.97. The summed E-state index contributed by atoms with van der Waals surface area (Å²) in [5.41, 5.74) is 8.59. The molecule has 0 fully saturated rings. The highest BCUT2D eigenvalue weighted by atomic mass is 16.2. The minimum absolute atomic E-state index is 0.140. The summed E-state index contributed by atoms with van der Waals surface area (Å²) in [5.74, 6) is -0.298. The lowest BCUT2D eigenvalue weighted by Crippen LogP contribution is -2.30. The van der Waals surface area contributed by atoms with Crippen molar-refractivity contribution in [3.8, 4) is 11.3 Å². The first-order chi connectivity index (χ1) is 13.7. The van der Waals surface area contributed by atoms with E-state index in [2.05, 4.69) is 0 Å². The monoisotopic (exact) mass is 369 g/mol. The quantitative estimate of drug-likeness (QED) is 0.597. The molecule has 0 radical (unpaired) electrons. The van der Waals surface area contributed by atoms with Gasteiger partial charge in [-0.25, -0.2) is 9.36 Å². The van der Waals surface area contributed by atoms with Crippen LogP contribution in [0.3, 0.4) is 0 Å². The van der Waals surface area contributed by atoms with E-state index >= 15 is 0 Å². The molecule has 1 aromatic heterocycles. The number of rotatable bonds is 4. The molecule has 0 bridgehead atoms. The first kappa shape index (κ1) is 17.5. The Morgan fingerprint density at radius 2 is 1.32 bits per heavy atom. The van der Waals surface area contributed by atoms with E-state index in [1.165, 1.54) is 0 Å². The van der Waals surface area contributed by atoms with Crippen LogP contribution in [0.2, 0.25) is 0 Å². The lowest BCUT2D eigenvalue weighted by Gasteiger charge is -2.08. The zero-order valence-electron chi connectivity index (χ0n) is 15.2. The summed E-state index contributed by atoms with van der Waals surface area (Å²) in [6, 6.07) is 27.7. The van der Waals surface area contributed by atoms with Crippen LogP contribution in [0.15, 0.2) is 95.8 Å². The third kappa shape index (κ3) is 3.14. The molecule has 0 saturated carbocycles. The normalized spacial score (nSPS) is 10.7. The smallest absolute Gasteiger partial charge is 0.337 e. The molecule has 4 rings (SSSR count). The predicted octanol–water partition coefficient (Wildman–Crippen LogP) is 3.64. The average Bonchev–Trinajstić information content (AvgIpc) is 2.99. The summed E-state index contributed by atoms with van der Waals surface area (Å²) in [5, 5.41) is 0. The Bertz CT molecular complexity index is 1160. The maximum absolute atomic E-state index is 13.2. The number of carbonyl (C=O) groups excluding carboxylic acids is 1. The van der Waals surface area contributed by atoms with Gasteiger partial charge >= 0.3 is 5.69 Å². The summed E-state index contributed by atoms with van der Waals surface area (Å²) in [6.45, 7) is 0.323. The molecule has 0 aliphatic heterocycles. The van der Waals surface area contributed by atoms with E-state index in [1.807, 2.05) is 66.7 Å². The number of hydrogen-bond acceptors (Lipinski definition) is 3. The predicted molar refractivity (Wildman–Crippen MR) is 110 cm³/mol. The van der Waals surface area contributed by atoms with Crippen molar-refractivity contribution in [2.45, 2.75) is 6.54 Å². The fourth-order valence-electron chi connectivity index (χ4n) is 3.28. The highest BCUT2D eigenvalue weighted by molar-refractivity contribution is 5.99. The van der Waals surface area contributed by atoms with Gasteiger partial charge in [0.15, 0.2) is 0 Å².